The predicted molar refractivity (Wildman–Crippen MR) is 56.9 cm³/mol. The molecule has 21 heavy (non-hydrogen) atoms. The van der Waals surface area contributed by atoms with E-state index < -0.39 is 52.3 Å². The van der Waals surface area contributed by atoms with E-state index in [9.17, 15) is 37.1 Å². The number of nitrogens with zero attached hydrogens (tertiary/aromatic N) is 1. The van der Waals surface area contributed by atoms with Crippen LogP contribution in [0.4, 0.5) is 23.2 Å². The quantitative estimate of drug-likeness (QED) is 0.451. The van der Waals surface area contributed by atoms with Gasteiger partial charge in [-0.3, -0.25) is 9.59 Å². The Morgan fingerprint density at radius 3 is 1.86 bits per heavy atom. The molecule has 5 nitrogen and oxygen atoms in total. The maximum atomic E-state index is 13.7. The molecule has 1 aromatic carbocycles. The van der Waals surface area contributed by atoms with E-state index in [-0.39, 0.29) is 10.5 Å². The van der Waals surface area contributed by atoms with Crippen LogP contribution in [0.3, 0.4) is 0 Å². The molecule has 0 bridgehead atoms. The van der Waals surface area contributed by atoms with E-state index in [0.29, 0.717) is 6.08 Å². The lowest BCUT2D eigenvalue weighted by Gasteiger charge is -2.18. The molecule has 2 amide bonds. The second-order valence-electron chi connectivity index (χ2n) is 4.07. The third-order valence-electron chi connectivity index (χ3n) is 2.77. The van der Waals surface area contributed by atoms with Crippen LogP contribution in [0, 0.1) is 23.3 Å². The highest BCUT2D eigenvalue weighted by atomic mass is 19.2. The van der Waals surface area contributed by atoms with Crippen molar-refractivity contribution >= 4 is 23.5 Å². The van der Waals surface area contributed by atoms with Gasteiger partial charge in [-0.15, -0.1) is 0 Å². The van der Waals surface area contributed by atoms with Crippen molar-refractivity contribution in [2.45, 2.75) is 6.92 Å². The molecule has 0 saturated carbocycles. The van der Waals surface area contributed by atoms with E-state index in [1.165, 1.54) is 0 Å². The van der Waals surface area contributed by atoms with Crippen molar-refractivity contribution in [1.29, 1.82) is 0 Å². The van der Waals surface area contributed by atoms with Crippen LogP contribution < -0.4 is 10.0 Å². The van der Waals surface area contributed by atoms with Crippen LogP contribution in [0.1, 0.15) is 17.3 Å². The highest BCUT2D eigenvalue weighted by molar-refractivity contribution is 6.30. The number of aromatic carboxylic acids is 1. The Morgan fingerprint density at radius 1 is 1.05 bits per heavy atom. The molecule has 1 aliphatic rings. The average Bonchev–Trinajstić information content (AvgIpc) is 2.63. The Balaban J connectivity index is 2.76. The molecule has 1 aromatic rings. The Labute approximate surface area is 114 Å². The van der Waals surface area contributed by atoms with Gasteiger partial charge >= 0.3 is 0 Å². The van der Waals surface area contributed by atoms with Crippen LogP contribution in [0.15, 0.2) is 11.6 Å². The number of carboxylic acid groups (broad SMARTS) is 1. The second-order valence-corrected chi connectivity index (χ2v) is 4.07. The summed E-state index contributed by atoms with van der Waals surface area (Å²) in [6.07, 6.45) is 0.712. The van der Waals surface area contributed by atoms with Crippen LogP contribution >= 0.6 is 0 Å². The first-order chi connectivity index (χ1) is 9.68. The molecule has 0 N–H and O–H groups in total. The number of anilines is 1. The van der Waals surface area contributed by atoms with Gasteiger partial charge in [-0.05, 0) is 6.92 Å². The summed E-state index contributed by atoms with van der Waals surface area (Å²) >= 11 is 0. The number of hydrogen-bond acceptors (Lipinski definition) is 4. The number of imide groups is 1. The second kappa shape index (κ2) is 4.69. The van der Waals surface area contributed by atoms with E-state index in [0.717, 1.165) is 6.92 Å². The average molecular weight is 302 g/mol. The standard InChI is InChI=1S/C12H5F4NO4/c1-3-2-4(18)17(11(3)19)10-8(15)6(13)5(12(20)21)7(14)9(10)16/h2H,1H3,(H,20,21)/p-1. The Morgan fingerprint density at radius 2 is 1.52 bits per heavy atom. The molecule has 0 atom stereocenters. The van der Waals surface area contributed by atoms with Crippen molar-refractivity contribution < 1.29 is 37.1 Å². The molecule has 0 unspecified atom stereocenters. The number of carboxylic acids is 1. The molecule has 2 rings (SSSR count). The zero-order valence-corrected chi connectivity index (χ0v) is 10.2. The number of carbonyl (C=O) groups excluding carboxylic acids is 3. The van der Waals surface area contributed by atoms with Gasteiger partial charge in [-0.2, -0.15) is 0 Å². The van der Waals surface area contributed by atoms with Crippen molar-refractivity contribution in [3.63, 3.8) is 0 Å². The van der Waals surface area contributed by atoms with E-state index >= 15 is 0 Å². The summed E-state index contributed by atoms with van der Waals surface area (Å²) in [7, 11) is 0. The number of hydrogen-bond donors (Lipinski definition) is 0. The van der Waals surface area contributed by atoms with Crippen LogP contribution in [0.2, 0.25) is 0 Å². The van der Waals surface area contributed by atoms with Gasteiger partial charge in [0, 0.05) is 11.6 Å². The number of rotatable bonds is 2. The summed E-state index contributed by atoms with van der Waals surface area (Å²) in [5.74, 6) is -13.8. The van der Waals surface area contributed by atoms with Crippen LogP contribution in [0.25, 0.3) is 0 Å². The number of amides is 2. The van der Waals surface area contributed by atoms with Crippen molar-refractivity contribution in [2.24, 2.45) is 0 Å². The SMILES string of the molecule is CC1=CC(=O)N(c2c(F)c(F)c(C(=O)[O-])c(F)c2F)C1=O. The highest BCUT2D eigenvalue weighted by Gasteiger charge is 2.38. The number of carbonyl (C=O) groups is 3. The molecule has 1 aliphatic heterocycles. The molecule has 110 valence electrons. The van der Waals surface area contributed by atoms with Gasteiger partial charge in [0.25, 0.3) is 11.8 Å². The molecule has 1 heterocycles. The fraction of sp³-hybridized carbons (Fsp3) is 0.0833. The van der Waals surface area contributed by atoms with Crippen molar-refractivity contribution in [1.82, 2.24) is 0 Å². The van der Waals surface area contributed by atoms with Gasteiger partial charge in [0.15, 0.2) is 23.3 Å². The molecule has 0 saturated heterocycles. The van der Waals surface area contributed by atoms with Gasteiger partial charge < -0.3 is 9.90 Å². The largest absolute Gasteiger partial charge is 0.545 e. The molecular formula is C12H4F4NO4-. The summed E-state index contributed by atoms with van der Waals surface area (Å²) in [6.45, 7) is 1.15. The van der Waals surface area contributed by atoms with Gasteiger partial charge in [-0.1, -0.05) is 0 Å². The lowest BCUT2D eigenvalue weighted by molar-refractivity contribution is -0.255. The first-order valence-electron chi connectivity index (χ1n) is 5.32. The van der Waals surface area contributed by atoms with E-state index in [1.807, 2.05) is 0 Å². The molecule has 0 radical (unpaired) electrons. The van der Waals surface area contributed by atoms with Crippen LogP contribution in [-0.4, -0.2) is 17.8 Å². The lowest BCUT2D eigenvalue weighted by Crippen LogP contribution is -2.34. The molecular weight excluding hydrogens is 298 g/mol. The maximum Gasteiger partial charge on any atom is 0.261 e. The minimum Gasteiger partial charge on any atom is -0.545 e. The Hall–Kier alpha value is -2.71. The third-order valence-corrected chi connectivity index (χ3v) is 2.77. The minimum atomic E-state index is -2.48. The maximum absolute atomic E-state index is 13.7. The van der Waals surface area contributed by atoms with Crippen molar-refractivity contribution in [3.05, 3.63) is 40.5 Å². The van der Waals surface area contributed by atoms with Gasteiger partial charge in [0.2, 0.25) is 0 Å². The highest BCUT2D eigenvalue weighted by Crippen LogP contribution is 2.33. The first-order valence-corrected chi connectivity index (χ1v) is 5.32. The summed E-state index contributed by atoms with van der Waals surface area (Å²) in [5.41, 5.74) is -3.78. The molecule has 0 aromatic heterocycles. The van der Waals surface area contributed by atoms with E-state index in [1.54, 1.807) is 0 Å². The third kappa shape index (κ3) is 1.97. The number of benzene rings is 1. The fourth-order valence-electron chi connectivity index (χ4n) is 1.80. The van der Waals surface area contributed by atoms with Crippen LogP contribution in [-0.2, 0) is 9.59 Å². The molecule has 9 heteroatoms. The first kappa shape index (κ1) is 14.7. The predicted octanol–water partition coefficient (Wildman–Crippen LogP) is 0.426. The van der Waals surface area contributed by atoms with Gasteiger partial charge in [-0.25, -0.2) is 22.5 Å². The molecule has 0 spiro atoms. The summed E-state index contributed by atoms with van der Waals surface area (Å²) in [4.78, 5) is 33.4. The van der Waals surface area contributed by atoms with Gasteiger partial charge in [0.05, 0.1) is 11.5 Å². The van der Waals surface area contributed by atoms with E-state index in [2.05, 4.69) is 0 Å². The minimum absolute atomic E-state index is 0.120. The molecule has 0 fully saturated rings. The molecule has 0 aliphatic carbocycles. The lowest BCUT2D eigenvalue weighted by atomic mass is 10.1. The smallest absolute Gasteiger partial charge is 0.261 e. The topological polar surface area (TPSA) is 77.5 Å². The van der Waals surface area contributed by atoms with Crippen molar-refractivity contribution in [2.75, 3.05) is 4.90 Å². The Kier molecular flexibility index (Phi) is 3.28. The number of halogens is 4. The van der Waals surface area contributed by atoms with Crippen LogP contribution in [0.5, 0.6) is 0 Å². The van der Waals surface area contributed by atoms with Gasteiger partial charge in [0.1, 0.15) is 5.69 Å². The van der Waals surface area contributed by atoms with Crippen molar-refractivity contribution in [3.8, 4) is 0 Å². The monoisotopic (exact) mass is 302 g/mol. The Bertz CT molecular complexity index is 712. The summed E-state index contributed by atoms with van der Waals surface area (Å²) in [5, 5.41) is 10.5. The summed E-state index contributed by atoms with van der Waals surface area (Å²) in [6, 6.07) is 0. The zero-order chi connectivity index (χ0) is 16.1. The normalized spacial score (nSPS) is 14.7. The summed E-state index contributed by atoms with van der Waals surface area (Å²) < 4.78 is 54.5. The zero-order valence-electron chi connectivity index (χ0n) is 10.2. The van der Waals surface area contributed by atoms with E-state index in [4.69, 9.17) is 0 Å². The fourth-order valence-corrected chi connectivity index (χ4v) is 1.80.